The second-order valence-electron chi connectivity index (χ2n) is 6.55. The normalized spacial score (nSPS) is 19.0. The minimum Gasteiger partial charge on any atom is -0.444 e. The number of unbranched alkanes of at least 4 members (excludes halogenated alkanes) is 2. The maximum Gasteiger partial charge on any atom is 0.407 e. The highest BCUT2D eigenvalue weighted by molar-refractivity contribution is 9.09. The Hall–Kier alpha value is -0.780. The van der Waals surface area contributed by atoms with E-state index in [0.29, 0.717) is 18.9 Å². The van der Waals surface area contributed by atoms with Crippen LogP contribution in [0.2, 0.25) is 0 Å². The van der Waals surface area contributed by atoms with E-state index in [-0.39, 0.29) is 12.0 Å². The van der Waals surface area contributed by atoms with Crippen molar-refractivity contribution in [1.29, 1.82) is 0 Å². The second kappa shape index (κ2) is 8.61. The zero-order chi connectivity index (χ0) is 15.9. The molecule has 0 aliphatic carbocycles. The van der Waals surface area contributed by atoms with Crippen LogP contribution in [0.15, 0.2) is 0 Å². The average Bonchev–Trinajstić information content (AvgIpc) is 2.72. The molecule has 0 aromatic heterocycles. The molecule has 5 nitrogen and oxygen atoms in total. The summed E-state index contributed by atoms with van der Waals surface area (Å²) in [6.07, 6.45) is 3.20. The summed E-state index contributed by atoms with van der Waals surface area (Å²) in [5.41, 5.74) is -0.452. The topological polar surface area (TPSA) is 58.6 Å². The van der Waals surface area contributed by atoms with Crippen LogP contribution in [0.1, 0.15) is 46.5 Å². The highest BCUT2D eigenvalue weighted by Gasteiger charge is 2.27. The van der Waals surface area contributed by atoms with Crippen molar-refractivity contribution in [2.45, 2.75) is 52.1 Å². The molecule has 0 bridgehead atoms. The molecule has 1 aliphatic heterocycles. The van der Waals surface area contributed by atoms with Crippen molar-refractivity contribution in [2.24, 2.45) is 5.92 Å². The summed E-state index contributed by atoms with van der Waals surface area (Å²) in [7, 11) is 0. The first-order chi connectivity index (χ1) is 9.81. The molecule has 6 heteroatoms. The van der Waals surface area contributed by atoms with Gasteiger partial charge in [0.1, 0.15) is 5.60 Å². The quantitative estimate of drug-likeness (QED) is 0.559. The fourth-order valence-electron chi connectivity index (χ4n) is 2.28. The van der Waals surface area contributed by atoms with E-state index in [0.717, 1.165) is 37.7 Å². The summed E-state index contributed by atoms with van der Waals surface area (Å²) in [4.78, 5) is 25.1. The van der Waals surface area contributed by atoms with Gasteiger partial charge in [0, 0.05) is 31.4 Å². The lowest BCUT2D eigenvalue weighted by molar-refractivity contribution is -0.127. The van der Waals surface area contributed by atoms with E-state index in [1.54, 1.807) is 0 Å². The number of amides is 2. The molecule has 0 spiro atoms. The molecule has 2 amide bonds. The number of carbonyl (C=O) groups excluding carboxylic acids is 2. The van der Waals surface area contributed by atoms with Crippen LogP contribution in [0.4, 0.5) is 4.79 Å². The smallest absolute Gasteiger partial charge is 0.407 e. The lowest BCUT2D eigenvalue weighted by atomic mass is 10.2. The SMILES string of the molecule is CC(C)(C)OC(=O)NCCCCCN1CC(CBr)CC1=O. The van der Waals surface area contributed by atoms with E-state index >= 15 is 0 Å². The number of nitrogens with one attached hydrogen (secondary N) is 1. The van der Waals surface area contributed by atoms with Crippen LogP contribution >= 0.6 is 15.9 Å². The summed E-state index contributed by atoms with van der Waals surface area (Å²) < 4.78 is 5.16. The molecule has 1 rings (SSSR count). The van der Waals surface area contributed by atoms with Crippen molar-refractivity contribution in [3.05, 3.63) is 0 Å². The molecule has 1 saturated heterocycles. The van der Waals surface area contributed by atoms with Crippen molar-refractivity contribution in [3.63, 3.8) is 0 Å². The Morgan fingerprint density at radius 1 is 1.38 bits per heavy atom. The first-order valence-electron chi connectivity index (χ1n) is 7.62. The fraction of sp³-hybridized carbons (Fsp3) is 0.867. The summed E-state index contributed by atoms with van der Waals surface area (Å²) in [6, 6.07) is 0. The predicted octanol–water partition coefficient (Wildman–Crippen LogP) is 2.92. The van der Waals surface area contributed by atoms with Crippen LogP contribution in [0, 0.1) is 5.92 Å². The molecule has 1 aliphatic rings. The summed E-state index contributed by atoms with van der Waals surface area (Å²) in [6.45, 7) is 7.86. The third kappa shape index (κ3) is 7.69. The Morgan fingerprint density at radius 2 is 2.10 bits per heavy atom. The van der Waals surface area contributed by atoms with Gasteiger partial charge in [-0.1, -0.05) is 15.9 Å². The number of hydrogen-bond acceptors (Lipinski definition) is 3. The van der Waals surface area contributed by atoms with Gasteiger partial charge >= 0.3 is 6.09 Å². The highest BCUT2D eigenvalue weighted by atomic mass is 79.9. The van der Waals surface area contributed by atoms with Gasteiger partial charge in [0.2, 0.25) is 5.91 Å². The van der Waals surface area contributed by atoms with E-state index in [2.05, 4.69) is 21.2 Å². The number of rotatable bonds is 7. The Morgan fingerprint density at radius 3 is 2.67 bits per heavy atom. The number of halogens is 1. The minimum atomic E-state index is -0.452. The molecular weight excluding hydrogens is 336 g/mol. The molecular formula is C15H27BrN2O3. The van der Waals surface area contributed by atoms with Gasteiger partial charge in [0.25, 0.3) is 0 Å². The van der Waals surface area contributed by atoms with Gasteiger partial charge in [-0.05, 0) is 46.0 Å². The molecule has 1 N–H and O–H groups in total. The predicted molar refractivity (Wildman–Crippen MR) is 86.6 cm³/mol. The fourth-order valence-corrected chi connectivity index (χ4v) is 2.72. The largest absolute Gasteiger partial charge is 0.444 e. The number of ether oxygens (including phenoxy) is 1. The molecule has 1 atom stereocenters. The highest BCUT2D eigenvalue weighted by Crippen LogP contribution is 2.19. The van der Waals surface area contributed by atoms with E-state index in [4.69, 9.17) is 4.74 Å². The van der Waals surface area contributed by atoms with E-state index in [9.17, 15) is 9.59 Å². The number of nitrogens with zero attached hydrogens (tertiary/aromatic N) is 1. The number of alkyl halides is 1. The zero-order valence-electron chi connectivity index (χ0n) is 13.3. The Labute approximate surface area is 135 Å². The van der Waals surface area contributed by atoms with Gasteiger partial charge in [-0.25, -0.2) is 4.79 Å². The third-order valence-electron chi connectivity index (χ3n) is 3.29. The van der Waals surface area contributed by atoms with Crippen LogP contribution in [0.3, 0.4) is 0 Å². The van der Waals surface area contributed by atoms with E-state index in [1.807, 2.05) is 25.7 Å². The molecule has 21 heavy (non-hydrogen) atoms. The number of alkyl carbamates (subject to hydrolysis) is 1. The van der Waals surface area contributed by atoms with Gasteiger partial charge < -0.3 is 15.0 Å². The molecule has 0 aromatic rings. The van der Waals surface area contributed by atoms with Gasteiger partial charge in [0.05, 0.1) is 0 Å². The molecule has 122 valence electrons. The third-order valence-corrected chi connectivity index (χ3v) is 4.20. The summed E-state index contributed by atoms with van der Waals surface area (Å²) in [5, 5.41) is 3.64. The van der Waals surface area contributed by atoms with Gasteiger partial charge in [0.15, 0.2) is 0 Å². The van der Waals surface area contributed by atoms with Crippen LogP contribution in [0.5, 0.6) is 0 Å². The lowest BCUT2D eigenvalue weighted by Crippen LogP contribution is -2.33. The monoisotopic (exact) mass is 362 g/mol. The molecule has 0 saturated carbocycles. The Balaban J connectivity index is 2.03. The maximum atomic E-state index is 11.7. The van der Waals surface area contributed by atoms with Crippen molar-refractivity contribution in [1.82, 2.24) is 10.2 Å². The van der Waals surface area contributed by atoms with Crippen LogP contribution in [-0.4, -0.2) is 47.5 Å². The Kier molecular flexibility index (Phi) is 7.49. The number of carbonyl (C=O) groups is 2. The molecule has 0 aromatic carbocycles. The van der Waals surface area contributed by atoms with E-state index < -0.39 is 5.60 Å². The lowest BCUT2D eigenvalue weighted by Gasteiger charge is -2.19. The summed E-state index contributed by atoms with van der Waals surface area (Å²) in [5.74, 6) is 0.734. The standard InChI is InChI=1S/C15H27BrN2O3/c1-15(2,3)21-14(20)17-7-5-4-6-8-18-11-12(10-16)9-13(18)19/h12H,4-11H2,1-3H3,(H,17,20). The molecule has 1 unspecified atom stereocenters. The van der Waals surface area contributed by atoms with E-state index in [1.165, 1.54) is 0 Å². The van der Waals surface area contributed by atoms with Gasteiger partial charge in [-0.15, -0.1) is 0 Å². The van der Waals surface area contributed by atoms with Crippen molar-refractivity contribution in [2.75, 3.05) is 25.0 Å². The second-order valence-corrected chi connectivity index (χ2v) is 7.20. The van der Waals surface area contributed by atoms with Crippen molar-refractivity contribution < 1.29 is 14.3 Å². The minimum absolute atomic E-state index is 0.270. The molecule has 1 heterocycles. The summed E-state index contributed by atoms with van der Waals surface area (Å²) >= 11 is 3.44. The first-order valence-corrected chi connectivity index (χ1v) is 8.74. The number of likely N-dealkylation sites (tertiary alicyclic amines) is 1. The first kappa shape index (κ1) is 18.3. The molecule has 1 fully saturated rings. The Bertz CT molecular complexity index is 355. The number of hydrogen-bond donors (Lipinski definition) is 1. The average molecular weight is 363 g/mol. The van der Waals surface area contributed by atoms with Crippen LogP contribution in [0.25, 0.3) is 0 Å². The van der Waals surface area contributed by atoms with Crippen LogP contribution in [-0.2, 0) is 9.53 Å². The maximum absolute atomic E-state index is 11.7. The zero-order valence-corrected chi connectivity index (χ0v) is 14.9. The van der Waals surface area contributed by atoms with Gasteiger partial charge in [-0.2, -0.15) is 0 Å². The van der Waals surface area contributed by atoms with Gasteiger partial charge in [-0.3, -0.25) is 4.79 Å². The van der Waals surface area contributed by atoms with Crippen molar-refractivity contribution in [3.8, 4) is 0 Å². The van der Waals surface area contributed by atoms with Crippen molar-refractivity contribution >= 4 is 27.9 Å². The molecule has 0 radical (unpaired) electrons. The van der Waals surface area contributed by atoms with Crippen LogP contribution < -0.4 is 5.32 Å².